The molecule has 2 N–H and O–H groups in total. The van der Waals surface area contributed by atoms with Gasteiger partial charge >= 0.3 is 0 Å². The summed E-state index contributed by atoms with van der Waals surface area (Å²) in [6.07, 6.45) is 0.156. The van der Waals surface area contributed by atoms with Gasteiger partial charge in [-0.25, -0.2) is 0 Å². The second kappa shape index (κ2) is 6.43. The third kappa shape index (κ3) is 3.02. The number of nitrogens with zero attached hydrogens (tertiary/aromatic N) is 1. The molecule has 2 aromatic carbocycles. The van der Waals surface area contributed by atoms with Gasteiger partial charge in [0.15, 0.2) is 0 Å². The molecule has 1 saturated heterocycles. The number of ether oxygens (including phenoxy) is 2. The van der Waals surface area contributed by atoms with Gasteiger partial charge in [0.1, 0.15) is 5.75 Å². The number of hydrogen-bond donors (Lipinski definition) is 1. The molecule has 0 spiro atoms. The fraction of sp³-hybridized carbons (Fsp3) is 0.412. The lowest BCUT2D eigenvalue weighted by atomic mass is 10.0. The highest BCUT2D eigenvalue weighted by molar-refractivity contribution is 5.91. The van der Waals surface area contributed by atoms with E-state index in [1.54, 1.807) is 7.11 Å². The first-order valence-electron chi connectivity index (χ1n) is 7.40. The molecule has 3 rings (SSSR count). The largest absolute Gasteiger partial charge is 0.496 e. The summed E-state index contributed by atoms with van der Waals surface area (Å²) in [6, 6.07) is 12.6. The first-order chi connectivity index (χ1) is 10.3. The van der Waals surface area contributed by atoms with Crippen LogP contribution in [0.3, 0.4) is 0 Å². The van der Waals surface area contributed by atoms with Crippen LogP contribution < -0.4 is 10.5 Å². The van der Waals surface area contributed by atoms with E-state index in [0.29, 0.717) is 6.54 Å². The van der Waals surface area contributed by atoms with Crippen molar-refractivity contribution in [3.63, 3.8) is 0 Å². The molecule has 0 amide bonds. The Labute approximate surface area is 125 Å². The maximum absolute atomic E-state index is 5.72. The third-order valence-corrected chi connectivity index (χ3v) is 4.07. The molecule has 1 aliphatic rings. The highest BCUT2D eigenvalue weighted by Gasteiger charge is 2.20. The SMILES string of the molecule is COc1ccc(CN2CCOC(CN)C2)c2ccccc12. The van der Waals surface area contributed by atoms with Crippen LogP contribution in [-0.2, 0) is 11.3 Å². The second-order valence-corrected chi connectivity index (χ2v) is 5.44. The van der Waals surface area contributed by atoms with Crippen LogP contribution in [0.1, 0.15) is 5.56 Å². The van der Waals surface area contributed by atoms with Crippen molar-refractivity contribution in [2.45, 2.75) is 12.6 Å². The first-order valence-corrected chi connectivity index (χ1v) is 7.40. The predicted octanol–water partition coefficient (Wildman–Crippen LogP) is 2.01. The Morgan fingerprint density at radius 1 is 1.24 bits per heavy atom. The smallest absolute Gasteiger partial charge is 0.126 e. The number of nitrogens with two attached hydrogens (primary N) is 1. The zero-order valence-electron chi connectivity index (χ0n) is 12.4. The Kier molecular flexibility index (Phi) is 4.39. The molecule has 112 valence electrons. The summed E-state index contributed by atoms with van der Waals surface area (Å²) < 4.78 is 11.1. The predicted molar refractivity (Wildman–Crippen MR) is 84.6 cm³/mol. The van der Waals surface area contributed by atoms with Crippen molar-refractivity contribution in [2.24, 2.45) is 5.73 Å². The normalized spacial score (nSPS) is 19.8. The minimum Gasteiger partial charge on any atom is -0.496 e. The Morgan fingerprint density at radius 3 is 2.81 bits per heavy atom. The summed E-state index contributed by atoms with van der Waals surface area (Å²) in [4.78, 5) is 2.41. The summed E-state index contributed by atoms with van der Waals surface area (Å²) in [5, 5.41) is 2.42. The van der Waals surface area contributed by atoms with E-state index in [9.17, 15) is 0 Å². The molecule has 0 aliphatic carbocycles. The van der Waals surface area contributed by atoms with Crippen LogP contribution in [0.4, 0.5) is 0 Å². The van der Waals surface area contributed by atoms with Gasteiger partial charge in [-0.05, 0) is 17.0 Å². The highest BCUT2D eigenvalue weighted by atomic mass is 16.5. The Bertz CT molecular complexity index is 615. The van der Waals surface area contributed by atoms with Gasteiger partial charge in [0, 0.05) is 31.6 Å². The molecule has 4 nitrogen and oxygen atoms in total. The first kappa shape index (κ1) is 14.3. The van der Waals surface area contributed by atoms with Crippen molar-refractivity contribution in [1.29, 1.82) is 0 Å². The van der Waals surface area contributed by atoms with Gasteiger partial charge in [0.25, 0.3) is 0 Å². The van der Waals surface area contributed by atoms with Gasteiger partial charge in [-0.1, -0.05) is 30.3 Å². The summed E-state index contributed by atoms with van der Waals surface area (Å²) in [7, 11) is 1.72. The quantitative estimate of drug-likeness (QED) is 0.934. The van der Waals surface area contributed by atoms with Gasteiger partial charge in [-0.15, -0.1) is 0 Å². The monoisotopic (exact) mass is 286 g/mol. The molecule has 21 heavy (non-hydrogen) atoms. The van der Waals surface area contributed by atoms with Crippen LogP contribution in [0.5, 0.6) is 5.75 Å². The topological polar surface area (TPSA) is 47.7 Å². The van der Waals surface area contributed by atoms with Crippen LogP contribution in [0, 0.1) is 0 Å². The Morgan fingerprint density at radius 2 is 2.05 bits per heavy atom. The molecule has 0 radical (unpaired) electrons. The molecule has 0 aromatic heterocycles. The average molecular weight is 286 g/mol. The van der Waals surface area contributed by atoms with Gasteiger partial charge in [0.05, 0.1) is 19.8 Å². The molecule has 1 atom stereocenters. The van der Waals surface area contributed by atoms with Crippen molar-refractivity contribution < 1.29 is 9.47 Å². The van der Waals surface area contributed by atoms with E-state index in [0.717, 1.165) is 32.0 Å². The zero-order chi connectivity index (χ0) is 14.7. The van der Waals surface area contributed by atoms with E-state index in [-0.39, 0.29) is 6.10 Å². The van der Waals surface area contributed by atoms with Crippen molar-refractivity contribution >= 4 is 10.8 Å². The van der Waals surface area contributed by atoms with Crippen LogP contribution in [0.25, 0.3) is 10.8 Å². The molecular weight excluding hydrogens is 264 g/mol. The standard InChI is InChI=1S/C17H22N2O2/c1-20-17-7-6-13(15-4-2-3-5-16(15)17)11-19-8-9-21-14(10-18)12-19/h2-7,14H,8-12,18H2,1H3. The molecule has 0 bridgehead atoms. The zero-order valence-corrected chi connectivity index (χ0v) is 12.4. The fourth-order valence-corrected chi connectivity index (χ4v) is 2.96. The lowest BCUT2D eigenvalue weighted by Gasteiger charge is -2.32. The number of hydrogen-bond acceptors (Lipinski definition) is 4. The molecule has 0 saturated carbocycles. The molecule has 1 heterocycles. The number of methoxy groups -OCH3 is 1. The van der Waals surface area contributed by atoms with Gasteiger partial charge < -0.3 is 15.2 Å². The van der Waals surface area contributed by atoms with Crippen molar-refractivity contribution in [1.82, 2.24) is 4.90 Å². The number of rotatable bonds is 4. The average Bonchev–Trinajstić information content (AvgIpc) is 2.55. The van der Waals surface area contributed by atoms with Crippen LogP contribution >= 0.6 is 0 Å². The summed E-state index contributed by atoms with van der Waals surface area (Å²) in [5.74, 6) is 0.927. The lowest BCUT2D eigenvalue weighted by molar-refractivity contribution is -0.0259. The van der Waals surface area contributed by atoms with Gasteiger partial charge in [-0.3, -0.25) is 4.90 Å². The van der Waals surface area contributed by atoms with E-state index < -0.39 is 0 Å². The van der Waals surface area contributed by atoms with Crippen molar-refractivity contribution in [3.05, 3.63) is 42.0 Å². The van der Waals surface area contributed by atoms with Crippen molar-refractivity contribution in [3.8, 4) is 5.75 Å². The third-order valence-electron chi connectivity index (χ3n) is 4.07. The maximum Gasteiger partial charge on any atom is 0.126 e. The summed E-state index contributed by atoms with van der Waals surface area (Å²) >= 11 is 0. The molecule has 1 fully saturated rings. The second-order valence-electron chi connectivity index (χ2n) is 5.44. The minimum atomic E-state index is 0.156. The molecular formula is C17H22N2O2. The Balaban J connectivity index is 1.87. The van der Waals surface area contributed by atoms with Crippen LogP contribution in [0.2, 0.25) is 0 Å². The fourth-order valence-electron chi connectivity index (χ4n) is 2.96. The maximum atomic E-state index is 5.72. The van der Waals surface area contributed by atoms with E-state index >= 15 is 0 Å². The molecule has 1 aliphatic heterocycles. The van der Waals surface area contributed by atoms with Crippen LogP contribution in [-0.4, -0.2) is 44.4 Å². The number of benzene rings is 2. The van der Waals surface area contributed by atoms with Gasteiger partial charge in [-0.2, -0.15) is 0 Å². The molecule has 1 unspecified atom stereocenters. The van der Waals surface area contributed by atoms with Crippen LogP contribution in [0.15, 0.2) is 36.4 Å². The summed E-state index contributed by atoms with van der Waals surface area (Å²) in [5.41, 5.74) is 7.04. The van der Waals surface area contributed by atoms with E-state index in [1.807, 2.05) is 6.07 Å². The summed E-state index contributed by atoms with van der Waals surface area (Å²) in [6.45, 7) is 4.12. The number of morpholine rings is 1. The minimum absolute atomic E-state index is 0.156. The highest BCUT2D eigenvalue weighted by Crippen LogP contribution is 2.29. The van der Waals surface area contributed by atoms with Gasteiger partial charge in [0.2, 0.25) is 0 Å². The van der Waals surface area contributed by atoms with Crippen molar-refractivity contribution in [2.75, 3.05) is 33.4 Å². The van der Waals surface area contributed by atoms with E-state index in [2.05, 4.69) is 35.2 Å². The lowest BCUT2D eigenvalue weighted by Crippen LogP contribution is -2.45. The van der Waals surface area contributed by atoms with E-state index in [1.165, 1.54) is 16.3 Å². The Hall–Kier alpha value is -1.62. The molecule has 4 heteroatoms. The molecule has 2 aromatic rings. The van der Waals surface area contributed by atoms with E-state index in [4.69, 9.17) is 15.2 Å². The number of fused-ring (bicyclic) bond motifs is 1.